The molecule has 8 nitrogen and oxygen atoms in total. The Bertz CT molecular complexity index is 883. The van der Waals surface area contributed by atoms with E-state index < -0.39 is 22.0 Å². The largest absolute Gasteiger partial charge is 0.484 e. The lowest BCUT2D eigenvalue weighted by Crippen LogP contribution is -2.46. The molecular weight excluding hydrogens is 370 g/mol. The van der Waals surface area contributed by atoms with Gasteiger partial charge in [0.25, 0.3) is 5.91 Å². The Morgan fingerprint density at radius 3 is 2.30 bits per heavy atom. The predicted molar refractivity (Wildman–Crippen MR) is 99.2 cm³/mol. The number of rotatable bonds is 8. The summed E-state index contributed by atoms with van der Waals surface area (Å²) in [6.45, 7) is 1.54. The molecule has 144 valence electrons. The topological polar surface area (TPSA) is 128 Å². The van der Waals surface area contributed by atoms with Crippen molar-refractivity contribution in [1.82, 2.24) is 10.6 Å². The van der Waals surface area contributed by atoms with Crippen molar-refractivity contribution < 1.29 is 22.7 Å². The molecule has 1 atom stereocenters. The molecule has 27 heavy (non-hydrogen) atoms. The molecule has 2 amide bonds. The number of amides is 2. The summed E-state index contributed by atoms with van der Waals surface area (Å²) >= 11 is 0. The first-order valence-corrected chi connectivity index (χ1v) is 9.67. The van der Waals surface area contributed by atoms with E-state index in [1.165, 1.54) is 12.1 Å². The minimum Gasteiger partial charge on any atom is -0.484 e. The Labute approximate surface area is 157 Å². The molecule has 0 aliphatic heterocycles. The smallest absolute Gasteiger partial charge is 0.258 e. The number of primary sulfonamides is 1. The Balaban J connectivity index is 1.77. The van der Waals surface area contributed by atoms with Crippen molar-refractivity contribution in [1.29, 1.82) is 0 Å². The minimum atomic E-state index is -3.75. The Morgan fingerprint density at radius 1 is 1.07 bits per heavy atom. The van der Waals surface area contributed by atoms with Gasteiger partial charge >= 0.3 is 0 Å². The summed E-state index contributed by atoms with van der Waals surface area (Å²) in [5.74, 6) is -0.231. The Kier molecular flexibility index (Phi) is 6.91. The van der Waals surface area contributed by atoms with E-state index in [1.54, 1.807) is 43.3 Å². The molecule has 4 N–H and O–H groups in total. The third kappa shape index (κ3) is 6.72. The van der Waals surface area contributed by atoms with Gasteiger partial charge in [0.05, 0.1) is 4.90 Å². The first kappa shape index (κ1) is 20.4. The van der Waals surface area contributed by atoms with Crippen molar-refractivity contribution in [3.8, 4) is 5.75 Å². The van der Waals surface area contributed by atoms with Crippen molar-refractivity contribution in [3.05, 3.63) is 60.2 Å². The maximum atomic E-state index is 12.1. The number of carbonyl (C=O) groups excluding carboxylic acids is 2. The molecule has 0 aliphatic rings. The molecule has 2 rings (SSSR count). The van der Waals surface area contributed by atoms with E-state index in [9.17, 15) is 18.0 Å². The summed E-state index contributed by atoms with van der Waals surface area (Å²) < 4.78 is 27.7. The fourth-order valence-corrected chi connectivity index (χ4v) is 2.67. The number of para-hydroxylation sites is 1. The van der Waals surface area contributed by atoms with Gasteiger partial charge in [-0.1, -0.05) is 30.3 Å². The standard InChI is InChI=1S/C18H21N3O5S/c1-13(21-17(22)12-26-15-5-3-2-4-6-15)18(23)20-11-14-7-9-16(10-8-14)27(19,24)25/h2-10,13H,11-12H2,1H3,(H,20,23)(H,21,22)(H2,19,24,25)/t13-/m1/s1. The number of hydrogen-bond donors (Lipinski definition) is 3. The van der Waals surface area contributed by atoms with E-state index in [4.69, 9.17) is 9.88 Å². The molecule has 0 saturated carbocycles. The van der Waals surface area contributed by atoms with Gasteiger partial charge in [0.1, 0.15) is 11.8 Å². The van der Waals surface area contributed by atoms with E-state index in [1.807, 2.05) is 6.07 Å². The summed E-state index contributed by atoms with van der Waals surface area (Å²) in [7, 11) is -3.75. The fourth-order valence-electron chi connectivity index (χ4n) is 2.15. The van der Waals surface area contributed by atoms with Crippen LogP contribution in [0.1, 0.15) is 12.5 Å². The molecule has 0 aromatic heterocycles. The molecule has 0 unspecified atom stereocenters. The quantitative estimate of drug-likeness (QED) is 0.605. The summed E-state index contributed by atoms with van der Waals surface area (Å²) in [4.78, 5) is 23.9. The third-order valence-electron chi connectivity index (χ3n) is 3.60. The van der Waals surface area contributed by atoms with Crippen LogP contribution in [0.25, 0.3) is 0 Å². The van der Waals surface area contributed by atoms with Gasteiger partial charge in [-0.3, -0.25) is 9.59 Å². The fraction of sp³-hybridized carbons (Fsp3) is 0.222. The highest BCUT2D eigenvalue weighted by Gasteiger charge is 2.15. The second-order valence-corrected chi connectivity index (χ2v) is 7.36. The normalized spacial score (nSPS) is 12.1. The number of nitrogens with two attached hydrogens (primary N) is 1. The van der Waals surface area contributed by atoms with Crippen LogP contribution in [-0.2, 0) is 26.2 Å². The van der Waals surface area contributed by atoms with E-state index >= 15 is 0 Å². The monoisotopic (exact) mass is 391 g/mol. The molecule has 0 radical (unpaired) electrons. The van der Waals surface area contributed by atoms with Crippen molar-refractivity contribution in [3.63, 3.8) is 0 Å². The Hall–Kier alpha value is -2.91. The van der Waals surface area contributed by atoms with Gasteiger partial charge in [-0.25, -0.2) is 13.6 Å². The number of sulfonamides is 1. The molecule has 0 spiro atoms. The summed E-state index contributed by atoms with van der Waals surface area (Å²) in [6, 6.07) is 14.0. The van der Waals surface area contributed by atoms with Crippen molar-refractivity contribution in [2.45, 2.75) is 24.4 Å². The van der Waals surface area contributed by atoms with Crippen LogP contribution in [0.3, 0.4) is 0 Å². The van der Waals surface area contributed by atoms with E-state index in [0.717, 1.165) is 0 Å². The number of hydrogen-bond acceptors (Lipinski definition) is 5. The van der Waals surface area contributed by atoms with Crippen LogP contribution in [0.5, 0.6) is 5.75 Å². The molecule has 0 bridgehead atoms. The van der Waals surface area contributed by atoms with Crippen LogP contribution >= 0.6 is 0 Å². The number of nitrogens with one attached hydrogen (secondary N) is 2. The van der Waals surface area contributed by atoms with E-state index in [0.29, 0.717) is 11.3 Å². The van der Waals surface area contributed by atoms with Gasteiger partial charge in [-0.2, -0.15) is 0 Å². The highest BCUT2D eigenvalue weighted by Crippen LogP contribution is 2.09. The molecule has 0 aliphatic carbocycles. The van der Waals surface area contributed by atoms with Crippen LogP contribution in [0, 0.1) is 0 Å². The summed E-state index contributed by atoms with van der Waals surface area (Å²) in [5.41, 5.74) is 0.696. The zero-order valence-corrected chi connectivity index (χ0v) is 15.5. The van der Waals surface area contributed by atoms with Crippen LogP contribution in [0.2, 0.25) is 0 Å². The maximum Gasteiger partial charge on any atom is 0.258 e. The lowest BCUT2D eigenvalue weighted by Gasteiger charge is -2.14. The average molecular weight is 391 g/mol. The SMILES string of the molecule is C[C@@H](NC(=O)COc1ccccc1)C(=O)NCc1ccc(S(N)(=O)=O)cc1. The molecule has 0 fully saturated rings. The second kappa shape index (κ2) is 9.15. The van der Waals surface area contributed by atoms with Crippen molar-refractivity contribution in [2.75, 3.05) is 6.61 Å². The van der Waals surface area contributed by atoms with Crippen LogP contribution < -0.4 is 20.5 Å². The van der Waals surface area contributed by atoms with Crippen LogP contribution in [0.4, 0.5) is 0 Å². The predicted octanol–water partition coefficient (Wildman–Crippen LogP) is 0.534. The first-order chi connectivity index (χ1) is 12.8. The summed E-state index contributed by atoms with van der Waals surface area (Å²) in [5, 5.41) is 10.2. The van der Waals surface area contributed by atoms with Crippen molar-refractivity contribution in [2.24, 2.45) is 5.14 Å². The molecule has 2 aromatic rings. The van der Waals surface area contributed by atoms with E-state index in [-0.39, 0.29) is 24.0 Å². The molecule has 9 heteroatoms. The van der Waals surface area contributed by atoms with Crippen LogP contribution in [0.15, 0.2) is 59.5 Å². The molecule has 0 saturated heterocycles. The van der Waals surface area contributed by atoms with Gasteiger partial charge < -0.3 is 15.4 Å². The van der Waals surface area contributed by atoms with Gasteiger partial charge in [-0.05, 0) is 36.8 Å². The zero-order chi connectivity index (χ0) is 19.9. The Morgan fingerprint density at radius 2 is 1.70 bits per heavy atom. The van der Waals surface area contributed by atoms with Gasteiger partial charge in [0.15, 0.2) is 6.61 Å². The third-order valence-corrected chi connectivity index (χ3v) is 4.53. The van der Waals surface area contributed by atoms with Crippen LogP contribution in [-0.4, -0.2) is 32.9 Å². The minimum absolute atomic E-state index is 0.00313. The van der Waals surface area contributed by atoms with Gasteiger partial charge in [0, 0.05) is 6.54 Å². The highest BCUT2D eigenvalue weighted by molar-refractivity contribution is 7.89. The second-order valence-electron chi connectivity index (χ2n) is 5.80. The molecule has 2 aromatic carbocycles. The lowest BCUT2D eigenvalue weighted by molar-refractivity contribution is -0.129. The van der Waals surface area contributed by atoms with E-state index in [2.05, 4.69) is 10.6 Å². The highest BCUT2D eigenvalue weighted by atomic mass is 32.2. The molecular formula is C18H21N3O5S. The molecule has 0 heterocycles. The van der Waals surface area contributed by atoms with Gasteiger partial charge in [-0.15, -0.1) is 0 Å². The van der Waals surface area contributed by atoms with Gasteiger partial charge in [0.2, 0.25) is 15.9 Å². The number of carbonyl (C=O) groups is 2. The lowest BCUT2D eigenvalue weighted by atomic mass is 10.2. The summed E-state index contributed by atoms with van der Waals surface area (Å²) in [6.07, 6.45) is 0. The number of ether oxygens (including phenoxy) is 1. The average Bonchev–Trinajstić information content (AvgIpc) is 2.65. The van der Waals surface area contributed by atoms with Crippen molar-refractivity contribution >= 4 is 21.8 Å². The number of benzene rings is 2. The first-order valence-electron chi connectivity index (χ1n) is 8.12. The maximum absolute atomic E-state index is 12.1. The zero-order valence-electron chi connectivity index (χ0n) is 14.7.